The van der Waals surface area contributed by atoms with Gasteiger partial charge >= 0.3 is 0 Å². The molecule has 2 aliphatic heterocycles. The van der Waals surface area contributed by atoms with Gasteiger partial charge in [-0.05, 0) is 37.6 Å². The van der Waals surface area contributed by atoms with Gasteiger partial charge in [-0.15, -0.1) is 0 Å². The minimum atomic E-state index is -0.403. The Morgan fingerprint density at radius 3 is 3.05 bits per heavy atom. The van der Waals surface area contributed by atoms with Crippen LogP contribution in [-0.4, -0.2) is 61.5 Å². The zero-order chi connectivity index (χ0) is 14.8. The molecule has 1 atom stereocenters. The molecule has 0 amide bonds. The van der Waals surface area contributed by atoms with Gasteiger partial charge in [-0.2, -0.15) is 0 Å². The largest absolute Gasteiger partial charge is 0.496 e. The number of piperazine rings is 1. The first-order chi connectivity index (χ1) is 10.2. The van der Waals surface area contributed by atoms with Crippen molar-refractivity contribution in [2.24, 2.45) is 0 Å². The summed E-state index contributed by atoms with van der Waals surface area (Å²) in [5, 5.41) is 0. The number of hydrogen-bond acceptors (Lipinski definition) is 4. The fourth-order valence-corrected chi connectivity index (χ4v) is 3.39. The smallest absolute Gasteiger partial charge is 0.180 e. The molecule has 0 radical (unpaired) electrons. The molecule has 2 aliphatic rings. The van der Waals surface area contributed by atoms with Crippen LogP contribution in [0.1, 0.15) is 23.2 Å². The maximum absolute atomic E-state index is 13.4. The van der Waals surface area contributed by atoms with Gasteiger partial charge in [-0.1, -0.05) is 0 Å². The Morgan fingerprint density at radius 1 is 1.38 bits per heavy atom. The van der Waals surface area contributed by atoms with Gasteiger partial charge in [-0.25, -0.2) is 4.39 Å². The van der Waals surface area contributed by atoms with Gasteiger partial charge in [0, 0.05) is 25.7 Å². The summed E-state index contributed by atoms with van der Waals surface area (Å²) in [6.07, 6.45) is 2.47. The second-order valence-corrected chi connectivity index (χ2v) is 5.83. The summed E-state index contributed by atoms with van der Waals surface area (Å²) in [6.45, 7) is 4.38. The van der Waals surface area contributed by atoms with Crippen molar-refractivity contribution >= 4 is 5.78 Å². The molecule has 0 spiro atoms. The van der Waals surface area contributed by atoms with Crippen LogP contribution in [0.4, 0.5) is 4.39 Å². The number of methoxy groups -OCH3 is 1. The quantitative estimate of drug-likeness (QED) is 0.792. The predicted octanol–water partition coefficient (Wildman–Crippen LogP) is 1.80. The minimum absolute atomic E-state index is 0.0715. The molecule has 0 bridgehead atoms. The zero-order valence-electron chi connectivity index (χ0n) is 12.3. The van der Waals surface area contributed by atoms with Crippen molar-refractivity contribution in [1.82, 2.24) is 9.80 Å². The average molecular weight is 292 g/mol. The van der Waals surface area contributed by atoms with Crippen LogP contribution in [-0.2, 0) is 0 Å². The highest BCUT2D eigenvalue weighted by Gasteiger charge is 2.31. The van der Waals surface area contributed by atoms with Crippen molar-refractivity contribution < 1.29 is 13.9 Å². The molecule has 2 fully saturated rings. The Morgan fingerprint density at radius 2 is 2.24 bits per heavy atom. The van der Waals surface area contributed by atoms with Crippen molar-refractivity contribution in [3.05, 3.63) is 29.6 Å². The Kier molecular flexibility index (Phi) is 4.22. The number of hydrogen-bond donors (Lipinski definition) is 0. The summed E-state index contributed by atoms with van der Waals surface area (Å²) in [5.74, 6) is -0.0292. The monoisotopic (exact) mass is 292 g/mol. The highest BCUT2D eigenvalue weighted by atomic mass is 19.1. The first-order valence-corrected chi connectivity index (χ1v) is 7.50. The van der Waals surface area contributed by atoms with Gasteiger partial charge < -0.3 is 4.74 Å². The van der Waals surface area contributed by atoms with E-state index in [-0.39, 0.29) is 5.78 Å². The SMILES string of the molecule is COc1ccc(F)cc1C(=O)CN1CCN2CCCC2C1. The van der Waals surface area contributed by atoms with Crippen LogP contribution in [0.3, 0.4) is 0 Å². The molecule has 1 aromatic carbocycles. The third-order valence-corrected chi connectivity index (χ3v) is 4.50. The third kappa shape index (κ3) is 3.09. The van der Waals surface area contributed by atoms with Crippen molar-refractivity contribution in [2.45, 2.75) is 18.9 Å². The van der Waals surface area contributed by atoms with Gasteiger partial charge in [0.15, 0.2) is 5.78 Å². The molecule has 4 nitrogen and oxygen atoms in total. The number of nitrogens with zero attached hydrogens (tertiary/aromatic N) is 2. The van der Waals surface area contributed by atoms with Crippen LogP contribution in [0.15, 0.2) is 18.2 Å². The Balaban J connectivity index is 1.67. The Bertz CT molecular complexity index is 535. The van der Waals surface area contributed by atoms with Crippen LogP contribution in [0, 0.1) is 5.82 Å². The normalized spacial score (nSPS) is 23.0. The summed E-state index contributed by atoms with van der Waals surface area (Å²) in [6, 6.07) is 4.68. The summed E-state index contributed by atoms with van der Waals surface area (Å²) >= 11 is 0. The maximum atomic E-state index is 13.4. The van der Waals surface area contributed by atoms with E-state index in [2.05, 4.69) is 9.80 Å². The van der Waals surface area contributed by atoms with Gasteiger partial charge in [0.05, 0.1) is 19.2 Å². The van der Waals surface area contributed by atoms with E-state index in [1.807, 2.05) is 0 Å². The zero-order valence-corrected chi connectivity index (χ0v) is 12.3. The van der Waals surface area contributed by atoms with E-state index in [1.54, 1.807) is 0 Å². The summed E-state index contributed by atoms with van der Waals surface area (Å²) in [5.41, 5.74) is 0.339. The van der Waals surface area contributed by atoms with Crippen molar-refractivity contribution in [2.75, 3.05) is 39.8 Å². The van der Waals surface area contributed by atoms with Crippen LogP contribution in [0.25, 0.3) is 0 Å². The summed E-state index contributed by atoms with van der Waals surface area (Å²) in [4.78, 5) is 17.1. The molecular weight excluding hydrogens is 271 g/mol. The number of rotatable bonds is 4. The highest BCUT2D eigenvalue weighted by Crippen LogP contribution is 2.23. The Hall–Kier alpha value is -1.46. The number of ether oxygens (including phenoxy) is 1. The van der Waals surface area contributed by atoms with Gasteiger partial charge in [0.1, 0.15) is 11.6 Å². The first-order valence-electron chi connectivity index (χ1n) is 7.50. The van der Waals surface area contributed by atoms with Gasteiger partial charge in [0.25, 0.3) is 0 Å². The lowest BCUT2D eigenvalue weighted by atomic mass is 10.1. The predicted molar refractivity (Wildman–Crippen MR) is 78.3 cm³/mol. The average Bonchev–Trinajstić information content (AvgIpc) is 2.94. The lowest BCUT2D eigenvalue weighted by molar-refractivity contribution is 0.0781. The lowest BCUT2D eigenvalue weighted by Crippen LogP contribution is -2.51. The fourth-order valence-electron chi connectivity index (χ4n) is 3.39. The minimum Gasteiger partial charge on any atom is -0.496 e. The van der Waals surface area contributed by atoms with E-state index < -0.39 is 5.82 Å². The molecule has 21 heavy (non-hydrogen) atoms. The molecule has 2 saturated heterocycles. The van der Waals surface area contributed by atoms with E-state index in [1.165, 1.54) is 44.7 Å². The van der Waals surface area contributed by atoms with E-state index in [0.29, 0.717) is 23.9 Å². The molecule has 114 valence electrons. The standard InChI is InChI=1S/C16H21FN2O2/c1-21-16-5-4-12(17)9-14(16)15(20)11-18-7-8-19-6-2-3-13(19)10-18/h4-5,9,13H,2-3,6-8,10-11H2,1H3. The number of carbonyl (C=O) groups is 1. The van der Waals surface area contributed by atoms with Crippen LogP contribution < -0.4 is 4.74 Å². The summed E-state index contributed by atoms with van der Waals surface area (Å²) < 4.78 is 18.5. The molecule has 0 aromatic heterocycles. The Labute approximate surface area is 124 Å². The molecule has 5 heteroatoms. The van der Waals surface area contributed by atoms with Crippen LogP contribution in [0.2, 0.25) is 0 Å². The van der Waals surface area contributed by atoms with E-state index >= 15 is 0 Å². The second-order valence-electron chi connectivity index (χ2n) is 5.83. The number of ketones is 1. The number of halogens is 1. The van der Waals surface area contributed by atoms with Crippen LogP contribution >= 0.6 is 0 Å². The fraction of sp³-hybridized carbons (Fsp3) is 0.562. The maximum Gasteiger partial charge on any atom is 0.180 e. The lowest BCUT2D eigenvalue weighted by Gasteiger charge is -2.37. The second kappa shape index (κ2) is 6.12. The highest BCUT2D eigenvalue weighted by molar-refractivity contribution is 6.00. The molecule has 0 N–H and O–H groups in total. The van der Waals surface area contributed by atoms with Crippen molar-refractivity contribution in [3.63, 3.8) is 0 Å². The molecular formula is C16H21FN2O2. The van der Waals surface area contributed by atoms with E-state index in [9.17, 15) is 9.18 Å². The van der Waals surface area contributed by atoms with Crippen LogP contribution in [0.5, 0.6) is 5.75 Å². The first kappa shape index (κ1) is 14.5. The number of fused-ring (bicyclic) bond motifs is 1. The third-order valence-electron chi connectivity index (χ3n) is 4.50. The molecule has 1 unspecified atom stereocenters. The molecule has 0 aliphatic carbocycles. The number of benzene rings is 1. The molecule has 2 heterocycles. The van der Waals surface area contributed by atoms with E-state index in [4.69, 9.17) is 4.74 Å². The van der Waals surface area contributed by atoms with Crippen molar-refractivity contribution in [1.29, 1.82) is 0 Å². The van der Waals surface area contributed by atoms with Gasteiger partial charge in [0.2, 0.25) is 0 Å². The summed E-state index contributed by atoms with van der Waals surface area (Å²) in [7, 11) is 1.50. The molecule has 3 rings (SSSR count). The topological polar surface area (TPSA) is 32.8 Å². The number of carbonyl (C=O) groups excluding carboxylic acids is 1. The molecule has 0 saturated carbocycles. The molecule has 1 aromatic rings. The van der Waals surface area contributed by atoms with Gasteiger partial charge in [-0.3, -0.25) is 14.6 Å². The number of Topliss-reactive ketones (excluding diaryl/α,β-unsaturated/α-hetero) is 1. The van der Waals surface area contributed by atoms with Crippen molar-refractivity contribution in [3.8, 4) is 5.75 Å². The van der Waals surface area contributed by atoms with E-state index in [0.717, 1.165) is 19.6 Å².